The van der Waals surface area contributed by atoms with Crippen LogP contribution < -0.4 is 19.9 Å². The van der Waals surface area contributed by atoms with E-state index in [0.29, 0.717) is 54.9 Å². The summed E-state index contributed by atoms with van der Waals surface area (Å²) in [6, 6.07) is 12.4. The second-order valence-electron chi connectivity index (χ2n) is 8.67. The third kappa shape index (κ3) is 6.00. The van der Waals surface area contributed by atoms with E-state index in [1.807, 2.05) is 30.0 Å². The Morgan fingerprint density at radius 1 is 1.03 bits per heavy atom. The van der Waals surface area contributed by atoms with Gasteiger partial charge < -0.3 is 19.4 Å². The Balaban J connectivity index is 1.37. The minimum absolute atomic E-state index is 0.159. The summed E-state index contributed by atoms with van der Waals surface area (Å²) in [5.74, 6) is 0.382. The number of hydrogen-bond acceptors (Lipinski definition) is 7. The van der Waals surface area contributed by atoms with Crippen LogP contribution in [0.15, 0.2) is 42.5 Å². The number of nitrogens with one attached hydrogen (secondary N) is 1. The lowest BCUT2D eigenvalue weighted by atomic mass is 10.1. The molecule has 0 atom stereocenters. The molecule has 0 unspecified atom stereocenters. The molecule has 2 heterocycles. The molecule has 2 aliphatic rings. The van der Waals surface area contributed by atoms with Crippen molar-refractivity contribution < 1.29 is 14.5 Å². The van der Waals surface area contributed by atoms with Crippen molar-refractivity contribution in [1.82, 2.24) is 10.2 Å². The smallest absolute Gasteiger partial charge is 0.292 e. The van der Waals surface area contributed by atoms with Gasteiger partial charge in [-0.15, -0.1) is 0 Å². The molecule has 35 heavy (non-hydrogen) atoms. The van der Waals surface area contributed by atoms with Crippen LogP contribution >= 0.6 is 12.2 Å². The molecule has 10 heteroatoms. The van der Waals surface area contributed by atoms with E-state index in [4.69, 9.17) is 17.0 Å². The molecule has 2 aromatic rings. The van der Waals surface area contributed by atoms with Crippen LogP contribution in [0.1, 0.15) is 36.5 Å². The Bertz CT molecular complexity index is 1080. The van der Waals surface area contributed by atoms with E-state index in [2.05, 4.69) is 15.1 Å². The van der Waals surface area contributed by atoms with Gasteiger partial charge in [-0.2, -0.15) is 0 Å². The lowest BCUT2D eigenvalue weighted by Gasteiger charge is -2.37. The van der Waals surface area contributed by atoms with Crippen molar-refractivity contribution in [2.24, 2.45) is 0 Å². The van der Waals surface area contributed by atoms with Crippen molar-refractivity contribution >= 4 is 40.3 Å². The minimum Gasteiger partial charge on any atom is -0.494 e. The van der Waals surface area contributed by atoms with Gasteiger partial charge in [-0.05, 0) is 68.7 Å². The standard InChI is InChI=1S/C25H31N5O4S/c1-2-34-21-8-6-7-19(17-21)24(31)26-25(35)29-15-13-27(14-16-29)20-9-10-22(30(32)33)23(18-20)28-11-4-3-5-12-28/h6-10,17-18H,2-5,11-16H2,1H3,(H,26,31,35). The van der Waals surface area contributed by atoms with E-state index >= 15 is 0 Å². The van der Waals surface area contributed by atoms with Gasteiger partial charge >= 0.3 is 0 Å². The molecule has 186 valence electrons. The number of nitro benzene ring substituents is 1. The average molecular weight is 498 g/mol. The molecule has 2 aliphatic heterocycles. The number of rotatable bonds is 6. The molecule has 2 saturated heterocycles. The van der Waals surface area contributed by atoms with Crippen LogP contribution in [0.2, 0.25) is 0 Å². The Morgan fingerprint density at radius 2 is 1.77 bits per heavy atom. The van der Waals surface area contributed by atoms with E-state index in [0.717, 1.165) is 31.6 Å². The number of thiocarbonyl (C=S) groups is 1. The second kappa shape index (κ2) is 11.4. The Hall–Kier alpha value is -3.40. The largest absolute Gasteiger partial charge is 0.494 e. The van der Waals surface area contributed by atoms with Crippen molar-refractivity contribution in [2.75, 3.05) is 55.7 Å². The number of carbonyl (C=O) groups is 1. The average Bonchev–Trinajstić information content (AvgIpc) is 2.89. The summed E-state index contributed by atoms with van der Waals surface area (Å²) in [4.78, 5) is 30.3. The highest BCUT2D eigenvalue weighted by atomic mass is 32.1. The van der Waals surface area contributed by atoms with Crippen LogP contribution in [-0.2, 0) is 0 Å². The minimum atomic E-state index is -0.295. The van der Waals surface area contributed by atoms with Gasteiger partial charge in [-0.25, -0.2) is 0 Å². The van der Waals surface area contributed by atoms with Crippen LogP contribution in [0.5, 0.6) is 5.75 Å². The first-order valence-electron chi connectivity index (χ1n) is 12.1. The second-order valence-corrected chi connectivity index (χ2v) is 9.06. The zero-order valence-electron chi connectivity index (χ0n) is 19.9. The number of ether oxygens (including phenoxy) is 1. The van der Waals surface area contributed by atoms with E-state index in [9.17, 15) is 14.9 Å². The van der Waals surface area contributed by atoms with E-state index < -0.39 is 0 Å². The van der Waals surface area contributed by atoms with E-state index in [1.54, 1.807) is 24.3 Å². The van der Waals surface area contributed by atoms with Crippen LogP contribution in [0.3, 0.4) is 0 Å². The molecule has 2 aromatic carbocycles. The van der Waals surface area contributed by atoms with Crippen LogP contribution in [0.4, 0.5) is 17.1 Å². The molecule has 4 rings (SSSR count). The molecule has 2 fully saturated rings. The van der Waals surface area contributed by atoms with Crippen molar-refractivity contribution in [3.8, 4) is 5.75 Å². The summed E-state index contributed by atoms with van der Waals surface area (Å²) >= 11 is 5.50. The number of hydrogen-bond donors (Lipinski definition) is 1. The van der Waals surface area contributed by atoms with Gasteiger partial charge in [0.2, 0.25) is 0 Å². The summed E-state index contributed by atoms with van der Waals surface area (Å²) in [6.07, 6.45) is 3.28. The van der Waals surface area contributed by atoms with Gasteiger partial charge in [0.1, 0.15) is 11.4 Å². The van der Waals surface area contributed by atoms with Crippen LogP contribution in [-0.4, -0.2) is 66.7 Å². The van der Waals surface area contributed by atoms with Crippen molar-refractivity contribution in [1.29, 1.82) is 0 Å². The quantitative estimate of drug-likeness (QED) is 0.366. The third-order valence-electron chi connectivity index (χ3n) is 6.41. The topological polar surface area (TPSA) is 91.2 Å². The fourth-order valence-electron chi connectivity index (χ4n) is 4.56. The summed E-state index contributed by atoms with van der Waals surface area (Å²) in [7, 11) is 0. The number of nitro groups is 1. The normalized spacial score (nSPS) is 16.1. The maximum absolute atomic E-state index is 12.7. The lowest BCUT2D eigenvalue weighted by Crippen LogP contribution is -2.52. The SMILES string of the molecule is CCOc1cccc(C(=O)NC(=S)N2CCN(c3ccc([N+](=O)[O-])c(N4CCCCC4)c3)CC2)c1. The monoisotopic (exact) mass is 497 g/mol. The fraction of sp³-hybridized carbons (Fsp3) is 0.440. The van der Waals surface area contributed by atoms with E-state index in [1.165, 1.54) is 6.42 Å². The number of carbonyl (C=O) groups excluding carboxylic acids is 1. The van der Waals surface area contributed by atoms with Crippen molar-refractivity contribution in [2.45, 2.75) is 26.2 Å². The molecule has 0 bridgehead atoms. The Kier molecular flexibility index (Phi) is 8.02. The summed E-state index contributed by atoms with van der Waals surface area (Å²) in [5.41, 5.74) is 2.32. The predicted octanol–water partition coefficient (Wildman–Crippen LogP) is 3.82. The van der Waals surface area contributed by atoms with Gasteiger partial charge in [0.15, 0.2) is 5.11 Å². The van der Waals surface area contributed by atoms with Gasteiger partial charge in [0, 0.05) is 56.6 Å². The van der Waals surface area contributed by atoms with Crippen molar-refractivity contribution in [3.05, 3.63) is 58.1 Å². The number of nitrogens with zero attached hydrogens (tertiary/aromatic N) is 4. The van der Waals surface area contributed by atoms with Crippen molar-refractivity contribution in [3.63, 3.8) is 0 Å². The summed E-state index contributed by atoms with van der Waals surface area (Å²) < 4.78 is 5.47. The lowest BCUT2D eigenvalue weighted by molar-refractivity contribution is -0.384. The first-order chi connectivity index (χ1) is 17.0. The van der Waals surface area contributed by atoms with Gasteiger partial charge in [-0.3, -0.25) is 20.2 Å². The highest BCUT2D eigenvalue weighted by molar-refractivity contribution is 7.80. The zero-order valence-corrected chi connectivity index (χ0v) is 20.8. The summed E-state index contributed by atoms with van der Waals surface area (Å²) in [6.45, 7) is 6.82. The molecule has 0 saturated carbocycles. The van der Waals surface area contributed by atoms with Gasteiger partial charge in [0.25, 0.3) is 11.6 Å². The number of benzene rings is 2. The van der Waals surface area contributed by atoms with Gasteiger partial charge in [-0.1, -0.05) is 6.07 Å². The molecule has 1 amide bonds. The predicted molar refractivity (Wildman–Crippen MR) is 141 cm³/mol. The van der Waals surface area contributed by atoms with Gasteiger partial charge in [0.05, 0.1) is 11.5 Å². The number of piperazine rings is 1. The Labute approximate surface area is 210 Å². The third-order valence-corrected chi connectivity index (χ3v) is 6.77. The highest BCUT2D eigenvalue weighted by Crippen LogP contribution is 2.34. The molecule has 0 aromatic heterocycles. The fourth-order valence-corrected chi connectivity index (χ4v) is 4.84. The first-order valence-corrected chi connectivity index (χ1v) is 12.5. The zero-order chi connectivity index (χ0) is 24.8. The molecule has 0 spiro atoms. The molecular weight excluding hydrogens is 466 g/mol. The molecule has 0 radical (unpaired) electrons. The molecule has 1 N–H and O–H groups in total. The number of amides is 1. The number of piperidine rings is 1. The maximum Gasteiger partial charge on any atom is 0.292 e. The molecular formula is C25H31N5O4S. The number of anilines is 2. The first kappa shape index (κ1) is 24.7. The Morgan fingerprint density at radius 3 is 2.46 bits per heavy atom. The molecule has 9 nitrogen and oxygen atoms in total. The van der Waals surface area contributed by atoms with Crippen LogP contribution in [0, 0.1) is 10.1 Å². The summed E-state index contributed by atoms with van der Waals surface area (Å²) in [5, 5.41) is 14.8. The van der Waals surface area contributed by atoms with E-state index in [-0.39, 0.29) is 16.5 Å². The maximum atomic E-state index is 12.7. The molecule has 0 aliphatic carbocycles. The highest BCUT2D eigenvalue weighted by Gasteiger charge is 2.25. The van der Waals surface area contributed by atoms with Crippen LogP contribution in [0.25, 0.3) is 0 Å².